The van der Waals surface area contributed by atoms with Crippen LogP contribution >= 0.6 is 7.26 Å². The van der Waals surface area contributed by atoms with Gasteiger partial charge in [-0.05, 0) is 60.7 Å². The van der Waals surface area contributed by atoms with Crippen LogP contribution in [0.2, 0.25) is 0 Å². The molecule has 0 radical (unpaired) electrons. The number of aromatic nitrogens is 1. The first-order valence-electron chi connectivity index (χ1n) is 11.1. The van der Waals surface area contributed by atoms with Crippen molar-refractivity contribution in [3.05, 3.63) is 145 Å². The summed E-state index contributed by atoms with van der Waals surface area (Å²) in [6.45, 7) is 0. The Morgan fingerprint density at radius 1 is 0.571 bits per heavy atom. The van der Waals surface area contributed by atoms with E-state index >= 15 is 0 Å². The smallest absolute Gasteiger partial charge is 0.159 e. The van der Waals surface area contributed by atoms with Gasteiger partial charge in [0.15, 0.2) is 11.6 Å². The summed E-state index contributed by atoms with van der Waals surface area (Å²) >= 11 is 0. The van der Waals surface area contributed by atoms with E-state index in [-0.39, 0.29) is 12.4 Å². The maximum absolute atomic E-state index is 13.7. The zero-order chi connectivity index (χ0) is 23.4. The molecule has 5 rings (SSSR count). The number of halogens is 3. The minimum atomic E-state index is -2.03. The highest BCUT2D eigenvalue weighted by Gasteiger charge is 2.45. The van der Waals surface area contributed by atoms with Gasteiger partial charge in [-0.3, -0.25) is 4.98 Å². The number of pyridine rings is 1. The fraction of sp³-hybridized carbons (Fsp3) is 0.0333. The molecule has 174 valence electrons. The quantitative estimate of drug-likeness (QED) is 0.324. The fourth-order valence-electron chi connectivity index (χ4n) is 4.39. The van der Waals surface area contributed by atoms with E-state index in [1.54, 1.807) is 6.07 Å². The van der Waals surface area contributed by atoms with Crippen LogP contribution < -0.4 is 28.3 Å². The largest absolute Gasteiger partial charge is 1.00 e. The molecule has 0 aliphatic heterocycles. The molecule has 0 bridgehead atoms. The van der Waals surface area contributed by atoms with E-state index in [2.05, 4.69) is 77.8 Å². The topological polar surface area (TPSA) is 12.9 Å². The Bertz CT molecular complexity index is 1280. The van der Waals surface area contributed by atoms with Crippen molar-refractivity contribution in [2.75, 3.05) is 0 Å². The van der Waals surface area contributed by atoms with Gasteiger partial charge in [0.1, 0.15) is 23.2 Å². The Morgan fingerprint density at radius 2 is 1.09 bits per heavy atom. The molecule has 1 heterocycles. The molecule has 0 atom stereocenters. The highest BCUT2D eigenvalue weighted by atomic mass is 35.5. The van der Waals surface area contributed by atoms with Gasteiger partial charge >= 0.3 is 0 Å². The normalized spacial score (nSPS) is 11.0. The van der Waals surface area contributed by atoms with Gasteiger partial charge in [-0.2, -0.15) is 0 Å². The second kappa shape index (κ2) is 10.9. The summed E-state index contributed by atoms with van der Waals surface area (Å²) < 4.78 is 27.1. The van der Waals surface area contributed by atoms with Crippen LogP contribution in [0.3, 0.4) is 0 Å². The van der Waals surface area contributed by atoms with Crippen molar-refractivity contribution in [1.29, 1.82) is 0 Å². The Morgan fingerprint density at radius 3 is 1.51 bits per heavy atom. The van der Waals surface area contributed by atoms with Crippen molar-refractivity contribution in [2.45, 2.75) is 6.16 Å². The Labute approximate surface area is 211 Å². The van der Waals surface area contributed by atoms with Crippen molar-refractivity contribution < 1.29 is 21.2 Å². The van der Waals surface area contributed by atoms with Crippen molar-refractivity contribution in [2.24, 2.45) is 0 Å². The third kappa shape index (κ3) is 5.03. The number of benzene rings is 4. The average Bonchev–Trinajstić information content (AvgIpc) is 2.91. The van der Waals surface area contributed by atoms with E-state index < -0.39 is 18.9 Å². The standard InChI is InChI=1S/C30H23F2NP.ClH/c31-28-18-17-24(20-29(28)32)30-19-16-23(21-33-30)22-34(25-10-4-1-5-11-25,26-12-6-2-7-13-26)27-14-8-3-9-15-27;/h1-21H,22H2;1H/q+1;/p-1. The predicted octanol–water partition coefficient (Wildman–Crippen LogP) is 3.52. The summed E-state index contributed by atoms with van der Waals surface area (Å²) in [5.74, 6) is -1.73. The zero-order valence-electron chi connectivity index (χ0n) is 18.9. The molecule has 4 aromatic carbocycles. The van der Waals surface area contributed by atoms with Crippen LogP contribution in [-0.2, 0) is 6.16 Å². The molecule has 0 saturated carbocycles. The van der Waals surface area contributed by atoms with Crippen molar-refractivity contribution in [3.63, 3.8) is 0 Å². The Kier molecular flexibility index (Phi) is 7.70. The molecule has 0 N–H and O–H groups in total. The van der Waals surface area contributed by atoms with E-state index in [0.717, 1.165) is 17.8 Å². The Hall–Kier alpha value is -3.39. The Balaban J connectivity index is 0.00000289. The summed E-state index contributed by atoms with van der Waals surface area (Å²) in [6.07, 6.45) is 2.66. The molecule has 0 unspecified atom stereocenters. The third-order valence-corrected chi connectivity index (χ3v) is 10.4. The van der Waals surface area contributed by atoms with E-state index in [9.17, 15) is 8.78 Å². The van der Waals surface area contributed by atoms with Crippen LogP contribution in [0.25, 0.3) is 11.3 Å². The average molecular weight is 502 g/mol. The molecule has 0 spiro atoms. The van der Waals surface area contributed by atoms with Crippen molar-refractivity contribution >= 4 is 23.2 Å². The van der Waals surface area contributed by atoms with E-state index in [1.807, 2.05) is 36.5 Å². The molecule has 1 aromatic heterocycles. The highest BCUT2D eigenvalue weighted by Crippen LogP contribution is 2.58. The SMILES string of the molecule is Fc1ccc(-c2ccc(C[P+](c3ccccc3)(c3ccccc3)c3ccccc3)cn2)cc1F.[Cl-]. The maximum Gasteiger partial charge on any atom is 0.159 e. The van der Waals surface area contributed by atoms with E-state index in [0.29, 0.717) is 11.3 Å². The lowest BCUT2D eigenvalue weighted by atomic mass is 10.1. The molecule has 0 aliphatic rings. The summed E-state index contributed by atoms with van der Waals surface area (Å²) in [5.41, 5.74) is 2.27. The van der Waals surface area contributed by atoms with Crippen molar-refractivity contribution in [3.8, 4) is 11.3 Å². The van der Waals surface area contributed by atoms with Crippen LogP contribution in [0.15, 0.2) is 128 Å². The van der Waals surface area contributed by atoms with Gasteiger partial charge in [0.05, 0.1) is 11.9 Å². The highest BCUT2D eigenvalue weighted by molar-refractivity contribution is 7.95. The van der Waals surface area contributed by atoms with Gasteiger partial charge in [-0.1, -0.05) is 60.7 Å². The summed E-state index contributed by atoms with van der Waals surface area (Å²) in [5, 5.41) is 3.91. The first-order chi connectivity index (χ1) is 16.7. The molecule has 0 amide bonds. The maximum atomic E-state index is 13.7. The minimum absolute atomic E-state index is 0. The number of nitrogens with zero attached hydrogens (tertiary/aromatic N) is 1. The van der Waals surface area contributed by atoms with Crippen LogP contribution in [-0.4, -0.2) is 4.98 Å². The number of hydrogen-bond acceptors (Lipinski definition) is 1. The lowest BCUT2D eigenvalue weighted by Gasteiger charge is -2.27. The fourth-order valence-corrected chi connectivity index (χ4v) is 8.61. The molecule has 0 saturated heterocycles. The minimum Gasteiger partial charge on any atom is -1.00 e. The molecule has 5 heteroatoms. The summed E-state index contributed by atoms with van der Waals surface area (Å²) in [4.78, 5) is 4.61. The zero-order valence-corrected chi connectivity index (χ0v) is 20.5. The molecule has 0 aliphatic carbocycles. The molecule has 0 fully saturated rings. The molecular weight excluding hydrogens is 479 g/mol. The van der Waals surface area contributed by atoms with Gasteiger partial charge in [-0.15, -0.1) is 0 Å². The summed E-state index contributed by atoms with van der Waals surface area (Å²) in [6, 6.07) is 39.9. The predicted molar refractivity (Wildman–Crippen MR) is 138 cm³/mol. The second-order valence-electron chi connectivity index (χ2n) is 8.16. The van der Waals surface area contributed by atoms with Crippen LogP contribution in [0.1, 0.15) is 5.56 Å². The van der Waals surface area contributed by atoms with Crippen LogP contribution in [0.5, 0.6) is 0 Å². The molecular formula is C30H23ClF2NP. The van der Waals surface area contributed by atoms with Gasteiger partial charge < -0.3 is 12.4 Å². The van der Waals surface area contributed by atoms with E-state index in [1.165, 1.54) is 22.0 Å². The van der Waals surface area contributed by atoms with Gasteiger partial charge in [0.25, 0.3) is 0 Å². The van der Waals surface area contributed by atoms with Gasteiger partial charge in [0.2, 0.25) is 0 Å². The molecule has 35 heavy (non-hydrogen) atoms. The first-order valence-corrected chi connectivity index (χ1v) is 13.1. The third-order valence-electron chi connectivity index (χ3n) is 6.05. The first kappa shape index (κ1) is 24.7. The number of hydrogen-bond donors (Lipinski definition) is 0. The van der Waals surface area contributed by atoms with Crippen molar-refractivity contribution in [1.82, 2.24) is 4.98 Å². The lowest BCUT2D eigenvalue weighted by molar-refractivity contribution is -0.00000770. The molecule has 5 aromatic rings. The van der Waals surface area contributed by atoms with Crippen LogP contribution in [0.4, 0.5) is 8.78 Å². The van der Waals surface area contributed by atoms with E-state index in [4.69, 9.17) is 0 Å². The van der Waals surface area contributed by atoms with Gasteiger partial charge in [-0.25, -0.2) is 8.78 Å². The monoisotopic (exact) mass is 501 g/mol. The van der Waals surface area contributed by atoms with Gasteiger partial charge in [0, 0.05) is 17.3 Å². The second-order valence-corrected chi connectivity index (χ2v) is 11.6. The number of rotatable bonds is 6. The van der Waals surface area contributed by atoms with Crippen LogP contribution in [0, 0.1) is 11.6 Å². The molecule has 1 nitrogen and oxygen atoms in total. The lowest BCUT2D eigenvalue weighted by Crippen LogP contribution is -3.00. The summed E-state index contributed by atoms with van der Waals surface area (Å²) in [7, 11) is -2.03.